The molecule has 0 spiro atoms. The average Bonchev–Trinajstić information content (AvgIpc) is 2.95. The van der Waals surface area contributed by atoms with Gasteiger partial charge in [-0.2, -0.15) is 0 Å². The summed E-state index contributed by atoms with van der Waals surface area (Å²) >= 11 is 7.24. The van der Waals surface area contributed by atoms with Crippen LogP contribution in [0.3, 0.4) is 0 Å². The van der Waals surface area contributed by atoms with E-state index in [1.54, 1.807) is 24.3 Å². The van der Waals surface area contributed by atoms with Crippen LogP contribution in [0.4, 0.5) is 5.69 Å². The number of imidazole rings is 1. The van der Waals surface area contributed by atoms with Crippen LogP contribution in [0.5, 0.6) is 5.75 Å². The summed E-state index contributed by atoms with van der Waals surface area (Å²) < 4.78 is 5.47. The third kappa shape index (κ3) is 4.21. The number of aromatic nitrogens is 2. The maximum atomic E-state index is 12.0. The molecule has 0 aliphatic heterocycles. The van der Waals surface area contributed by atoms with Crippen molar-refractivity contribution in [1.29, 1.82) is 0 Å². The van der Waals surface area contributed by atoms with E-state index in [-0.39, 0.29) is 11.7 Å². The van der Waals surface area contributed by atoms with E-state index in [1.807, 2.05) is 25.1 Å². The van der Waals surface area contributed by atoms with E-state index in [1.165, 1.54) is 11.8 Å². The first-order chi connectivity index (χ1) is 11.6. The fourth-order valence-electron chi connectivity index (χ4n) is 2.19. The van der Waals surface area contributed by atoms with Crippen LogP contribution in [0, 0.1) is 0 Å². The van der Waals surface area contributed by atoms with Crippen LogP contribution in [0.25, 0.3) is 11.0 Å². The Bertz CT molecular complexity index is 866. The van der Waals surface area contributed by atoms with E-state index in [4.69, 9.17) is 16.3 Å². The summed E-state index contributed by atoms with van der Waals surface area (Å²) in [6, 6.07) is 12.7. The Kier molecular flexibility index (Phi) is 5.27. The number of amides is 1. The van der Waals surface area contributed by atoms with Gasteiger partial charge in [-0.15, -0.1) is 0 Å². The molecular weight excluding hydrogens is 346 g/mol. The van der Waals surface area contributed by atoms with Crippen molar-refractivity contribution >= 4 is 46.0 Å². The van der Waals surface area contributed by atoms with Crippen LogP contribution in [-0.2, 0) is 4.79 Å². The van der Waals surface area contributed by atoms with Crippen molar-refractivity contribution in [3.63, 3.8) is 0 Å². The monoisotopic (exact) mass is 361 g/mol. The molecule has 7 heteroatoms. The van der Waals surface area contributed by atoms with Crippen LogP contribution >= 0.6 is 23.4 Å². The number of carbonyl (C=O) groups is 1. The zero-order valence-electron chi connectivity index (χ0n) is 13.0. The second-order valence-electron chi connectivity index (χ2n) is 5.00. The molecule has 0 unspecified atom stereocenters. The molecule has 1 heterocycles. The number of hydrogen-bond acceptors (Lipinski definition) is 4. The highest BCUT2D eigenvalue weighted by atomic mass is 35.5. The summed E-state index contributed by atoms with van der Waals surface area (Å²) in [4.78, 5) is 19.7. The normalized spacial score (nSPS) is 10.8. The fourth-order valence-corrected chi connectivity index (χ4v) is 3.06. The zero-order valence-corrected chi connectivity index (χ0v) is 14.6. The van der Waals surface area contributed by atoms with Crippen molar-refractivity contribution < 1.29 is 9.53 Å². The summed E-state index contributed by atoms with van der Waals surface area (Å²) in [5, 5.41) is 4.09. The SMILES string of the molecule is CCOc1ccc2nc(SCC(=O)Nc3cccc(Cl)c3)[nH]c2c1. The number of H-pyrrole nitrogens is 1. The smallest absolute Gasteiger partial charge is 0.234 e. The molecular formula is C17H16ClN3O2S. The number of hydrogen-bond donors (Lipinski definition) is 2. The quantitative estimate of drug-likeness (QED) is 0.641. The highest BCUT2D eigenvalue weighted by Gasteiger charge is 2.08. The number of anilines is 1. The number of fused-ring (bicyclic) bond motifs is 1. The molecule has 0 radical (unpaired) electrons. The van der Waals surface area contributed by atoms with Gasteiger partial charge in [-0.1, -0.05) is 29.4 Å². The highest BCUT2D eigenvalue weighted by molar-refractivity contribution is 7.99. The molecule has 0 saturated heterocycles. The third-order valence-corrected chi connectivity index (χ3v) is 4.30. The molecule has 1 aromatic heterocycles. The van der Waals surface area contributed by atoms with Gasteiger partial charge in [0, 0.05) is 16.8 Å². The predicted octanol–water partition coefficient (Wildman–Crippen LogP) is 4.35. The van der Waals surface area contributed by atoms with Crippen LogP contribution in [0.2, 0.25) is 5.02 Å². The minimum absolute atomic E-state index is 0.113. The van der Waals surface area contributed by atoms with Gasteiger partial charge >= 0.3 is 0 Å². The Morgan fingerprint density at radius 3 is 3.00 bits per heavy atom. The van der Waals surface area contributed by atoms with Gasteiger partial charge in [0.05, 0.1) is 23.4 Å². The molecule has 0 aliphatic rings. The highest BCUT2D eigenvalue weighted by Crippen LogP contribution is 2.23. The molecule has 24 heavy (non-hydrogen) atoms. The van der Waals surface area contributed by atoms with E-state index in [0.717, 1.165) is 16.8 Å². The third-order valence-electron chi connectivity index (χ3n) is 3.19. The topological polar surface area (TPSA) is 67.0 Å². The van der Waals surface area contributed by atoms with Crippen LogP contribution in [-0.4, -0.2) is 28.2 Å². The molecule has 0 aliphatic carbocycles. The Morgan fingerprint density at radius 1 is 1.33 bits per heavy atom. The Balaban J connectivity index is 1.61. The number of thioether (sulfide) groups is 1. The van der Waals surface area contributed by atoms with Gasteiger partial charge in [-0.05, 0) is 37.3 Å². The van der Waals surface area contributed by atoms with Crippen molar-refractivity contribution in [3.8, 4) is 5.75 Å². The Morgan fingerprint density at radius 2 is 2.21 bits per heavy atom. The largest absolute Gasteiger partial charge is 0.494 e. The average molecular weight is 362 g/mol. The van der Waals surface area contributed by atoms with Crippen LogP contribution in [0.15, 0.2) is 47.6 Å². The number of aromatic amines is 1. The van der Waals surface area contributed by atoms with Crippen molar-refractivity contribution in [2.24, 2.45) is 0 Å². The number of nitrogens with zero attached hydrogens (tertiary/aromatic N) is 1. The lowest BCUT2D eigenvalue weighted by Gasteiger charge is -2.04. The lowest BCUT2D eigenvalue weighted by molar-refractivity contribution is -0.113. The van der Waals surface area contributed by atoms with Gasteiger partial charge in [0.15, 0.2) is 5.16 Å². The molecule has 2 N–H and O–H groups in total. The number of halogens is 1. The molecule has 1 amide bonds. The van der Waals surface area contributed by atoms with E-state index in [9.17, 15) is 4.79 Å². The summed E-state index contributed by atoms with van der Waals surface area (Å²) in [6.07, 6.45) is 0. The van der Waals surface area contributed by atoms with Crippen molar-refractivity contribution in [3.05, 3.63) is 47.5 Å². The molecule has 3 aromatic rings. The van der Waals surface area contributed by atoms with E-state index < -0.39 is 0 Å². The van der Waals surface area contributed by atoms with Crippen LogP contribution < -0.4 is 10.1 Å². The molecule has 0 bridgehead atoms. The van der Waals surface area contributed by atoms with Crippen molar-refractivity contribution in [2.75, 3.05) is 17.7 Å². The second kappa shape index (κ2) is 7.59. The maximum absolute atomic E-state index is 12.0. The molecule has 0 atom stereocenters. The lowest BCUT2D eigenvalue weighted by atomic mass is 10.3. The van der Waals surface area contributed by atoms with Gasteiger partial charge < -0.3 is 15.0 Å². The van der Waals surface area contributed by atoms with E-state index in [0.29, 0.717) is 22.5 Å². The number of rotatable bonds is 6. The molecule has 3 rings (SSSR count). The molecule has 124 valence electrons. The summed E-state index contributed by atoms with van der Waals surface area (Å²) in [7, 11) is 0. The van der Waals surface area contributed by atoms with Gasteiger partial charge in [0.2, 0.25) is 5.91 Å². The first kappa shape index (κ1) is 16.7. The number of nitrogens with one attached hydrogen (secondary N) is 2. The van der Waals surface area contributed by atoms with Crippen molar-refractivity contribution in [1.82, 2.24) is 9.97 Å². The first-order valence-corrected chi connectivity index (χ1v) is 8.81. The predicted molar refractivity (Wildman–Crippen MR) is 98.1 cm³/mol. The maximum Gasteiger partial charge on any atom is 0.234 e. The fraction of sp³-hybridized carbons (Fsp3) is 0.176. The van der Waals surface area contributed by atoms with Gasteiger partial charge in [-0.3, -0.25) is 4.79 Å². The Hall–Kier alpha value is -2.18. The van der Waals surface area contributed by atoms with Gasteiger partial charge in [0.1, 0.15) is 5.75 Å². The molecule has 2 aromatic carbocycles. The first-order valence-electron chi connectivity index (χ1n) is 7.45. The van der Waals surface area contributed by atoms with Gasteiger partial charge in [0.25, 0.3) is 0 Å². The standard InChI is InChI=1S/C17H16ClN3O2S/c1-2-23-13-6-7-14-15(9-13)21-17(20-14)24-10-16(22)19-12-5-3-4-11(18)8-12/h3-9H,2,10H2,1H3,(H,19,22)(H,20,21). The number of benzene rings is 2. The van der Waals surface area contributed by atoms with Gasteiger partial charge in [-0.25, -0.2) is 4.98 Å². The number of carbonyl (C=O) groups excluding carboxylic acids is 1. The second-order valence-corrected chi connectivity index (χ2v) is 6.40. The Labute approximate surface area is 148 Å². The molecule has 5 nitrogen and oxygen atoms in total. The lowest BCUT2D eigenvalue weighted by Crippen LogP contribution is -2.13. The minimum Gasteiger partial charge on any atom is -0.494 e. The number of ether oxygens (including phenoxy) is 1. The van der Waals surface area contributed by atoms with Crippen LogP contribution in [0.1, 0.15) is 6.92 Å². The summed E-state index contributed by atoms with van der Waals surface area (Å²) in [5.41, 5.74) is 2.41. The molecule has 0 fully saturated rings. The summed E-state index contributed by atoms with van der Waals surface area (Å²) in [5.74, 6) is 0.937. The van der Waals surface area contributed by atoms with E-state index in [2.05, 4.69) is 15.3 Å². The van der Waals surface area contributed by atoms with Crippen molar-refractivity contribution in [2.45, 2.75) is 12.1 Å². The molecule has 0 saturated carbocycles. The summed E-state index contributed by atoms with van der Waals surface area (Å²) in [6.45, 7) is 2.56. The minimum atomic E-state index is -0.113. The van der Waals surface area contributed by atoms with E-state index >= 15 is 0 Å². The zero-order chi connectivity index (χ0) is 16.9.